The maximum absolute atomic E-state index is 10.9. The van der Waals surface area contributed by atoms with Gasteiger partial charge in [0, 0.05) is 77.5 Å². The third-order valence-electron chi connectivity index (χ3n) is 4.99. The van der Waals surface area contributed by atoms with Gasteiger partial charge in [-0.3, -0.25) is 0 Å². The highest BCUT2D eigenvalue weighted by molar-refractivity contribution is 15.0. The van der Waals surface area contributed by atoms with Gasteiger partial charge in [0.15, 0.2) is 0 Å². The van der Waals surface area contributed by atoms with Crippen molar-refractivity contribution in [3.63, 3.8) is 0 Å². The lowest BCUT2D eigenvalue weighted by Gasteiger charge is -2.30. The molecule has 0 aliphatic carbocycles. The Balaban J connectivity index is -0.000000401. The highest BCUT2D eigenvalue weighted by Gasteiger charge is 2.15. The van der Waals surface area contributed by atoms with E-state index in [-0.39, 0.29) is 36.0 Å². The van der Waals surface area contributed by atoms with Crippen LogP contribution in [0.3, 0.4) is 0 Å². The van der Waals surface area contributed by atoms with Crippen molar-refractivity contribution in [3.05, 3.63) is 0 Å². The van der Waals surface area contributed by atoms with Crippen LogP contribution in [0.2, 0.25) is 0 Å². The second-order valence-electron chi connectivity index (χ2n) is 8.01. The Hall–Kier alpha value is 0.650. The van der Waals surface area contributed by atoms with Gasteiger partial charge in [-0.1, -0.05) is 20.8 Å². The van der Waals surface area contributed by atoms with Gasteiger partial charge >= 0.3 is 12.1 Å². The van der Waals surface area contributed by atoms with E-state index in [9.17, 15) is 9.59 Å². The fraction of sp³-hybridized carbons (Fsp3) is 0.905. The predicted molar refractivity (Wildman–Crippen MR) is 165 cm³/mol. The number of carbonyl (C=O) groups excluding carboxylic acids is 2. The Labute approximate surface area is 237 Å². The van der Waals surface area contributed by atoms with Crippen LogP contribution in [0, 0.1) is 11.8 Å². The molecule has 2 aliphatic rings. The SMILES string of the molecule is CC1CCCNC1.CCCNC(=O)NC.CNC(=O)NCCN1CCCC(C)C1.I.II. The molecule has 194 valence electrons. The van der Waals surface area contributed by atoms with Crippen molar-refractivity contribution >= 4 is 73.3 Å². The molecule has 8 nitrogen and oxygen atoms in total. The van der Waals surface area contributed by atoms with Crippen molar-refractivity contribution in [2.24, 2.45) is 11.8 Å². The van der Waals surface area contributed by atoms with Gasteiger partial charge in [-0.25, -0.2) is 9.59 Å². The maximum Gasteiger partial charge on any atom is 0.314 e. The number of nitrogens with zero attached hydrogens (tertiary/aromatic N) is 1. The first-order valence-corrected chi connectivity index (χ1v) is 17.7. The van der Waals surface area contributed by atoms with Gasteiger partial charge in [0.1, 0.15) is 0 Å². The number of amides is 4. The van der Waals surface area contributed by atoms with E-state index in [0.29, 0.717) is 0 Å². The zero-order chi connectivity index (χ0) is 23.9. The minimum atomic E-state index is -0.105. The summed E-state index contributed by atoms with van der Waals surface area (Å²) in [6.45, 7) is 13.9. The summed E-state index contributed by atoms with van der Waals surface area (Å²) in [7, 11) is 3.24. The first-order valence-electron chi connectivity index (χ1n) is 11.4. The minimum Gasteiger partial charge on any atom is -0.341 e. The Morgan fingerprint density at radius 1 is 0.969 bits per heavy atom. The monoisotopic (exact) mass is 796 g/mol. The predicted octanol–water partition coefficient (Wildman–Crippen LogP) is 4.37. The number of urea groups is 2. The summed E-state index contributed by atoms with van der Waals surface area (Å²) in [4.78, 5) is 23.6. The molecule has 0 aromatic carbocycles. The third-order valence-corrected chi connectivity index (χ3v) is 4.99. The van der Waals surface area contributed by atoms with Crippen LogP contribution in [0.15, 0.2) is 0 Å². The van der Waals surface area contributed by atoms with Crippen molar-refractivity contribution in [1.29, 1.82) is 0 Å². The van der Waals surface area contributed by atoms with Crippen molar-refractivity contribution in [3.8, 4) is 0 Å². The minimum absolute atomic E-state index is 0. The molecule has 2 fully saturated rings. The molecule has 2 aliphatic heterocycles. The summed E-state index contributed by atoms with van der Waals surface area (Å²) >= 11 is 4.24. The molecule has 32 heavy (non-hydrogen) atoms. The number of likely N-dealkylation sites (tertiary alicyclic amines) is 1. The average Bonchev–Trinajstić information content (AvgIpc) is 2.80. The summed E-state index contributed by atoms with van der Waals surface area (Å²) in [5, 5.41) is 13.8. The molecule has 2 atom stereocenters. The fourth-order valence-corrected chi connectivity index (χ4v) is 3.26. The normalized spacial score (nSPS) is 19.6. The highest BCUT2D eigenvalue weighted by Crippen LogP contribution is 2.14. The van der Waals surface area contributed by atoms with E-state index in [1.807, 2.05) is 6.92 Å². The van der Waals surface area contributed by atoms with Crippen LogP contribution >= 0.6 is 61.2 Å². The summed E-state index contributed by atoms with van der Waals surface area (Å²) in [6.07, 6.45) is 6.42. The number of rotatable bonds is 5. The molecule has 0 bridgehead atoms. The summed E-state index contributed by atoms with van der Waals surface area (Å²) in [5.41, 5.74) is 0. The van der Waals surface area contributed by atoms with Crippen LogP contribution in [-0.4, -0.2) is 76.9 Å². The van der Waals surface area contributed by atoms with Crippen LogP contribution in [0.25, 0.3) is 0 Å². The van der Waals surface area contributed by atoms with Crippen LogP contribution in [0.5, 0.6) is 0 Å². The van der Waals surface area contributed by atoms with Gasteiger partial charge in [-0.2, -0.15) is 0 Å². The van der Waals surface area contributed by atoms with Crippen LogP contribution in [0.1, 0.15) is 52.9 Å². The van der Waals surface area contributed by atoms with Crippen LogP contribution < -0.4 is 26.6 Å². The lowest BCUT2D eigenvalue weighted by molar-refractivity contribution is 0.184. The van der Waals surface area contributed by atoms with Crippen molar-refractivity contribution in [2.45, 2.75) is 52.9 Å². The van der Waals surface area contributed by atoms with E-state index in [0.717, 1.165) is 37.9 Å². The Kier molecular flexibility index (Phi) is 32.4. The van der Waals surface area contributed by atoms with Gasteiger partial charge < -0.3 is 31.5 Å². The first-order chi connectivity index (χ1) is 14.9. The number of hydrogen-bond donors (Lipinski definition) is 5. The molecule has 2 unspecified atom stereocenters. The molecule has 2 saturated heterocycles. The Bertz CT molecular complexity index is 430. The van der Waals surface area contributed by atoms with E-state index in [1.165, 1.54) is 51.9 Å². The van der Waals surface area contributed by atoms with Crippen LogP contribution in [-0.2, 0) is 0 Å². The van der Waals surface area contributed by atoms with Crippen molar-refractivity contribution in [2.75, 3.05) is 59.9 Å². The fourth-order valence-electron chi connectivity index (χ4n) is 3.26. The van der Waals surface area contributed by atoms with E-state index in [1.54, 1.807) is 14.1 Å². The van der Waals surface area contributed by atoms with Gasteiger partial charge in [0.05, 0.1) is 0 Å². The van der Waals surface area contributed by atoms with Crippen molar-refractivity contribution < 1.29 is 9.59 Å². The van der Waals surface area contributed by atoms with Crippen LogP contribution in [0.4, 0.5) is 9.59 Å². The standard InChI is InChI=1S/C10H21N3O.C6H13N.C5H12N2O.I2.HI/c1-9-4-3-6-13(8-9)7-5-12-10(14)11-2;1-6-3-2-4-7-5-6;1-3-4-7-5(8)6-2;1-2;/h9H,3-8H2,1-2H3,(H2,11,12,14);6-7H,2-5H2,1H3;3-4H2,1-2H3,(H2,6,7,8);;1H. The Morgan fingerprint density at radius 3 is 1.94 bits per heavy atom. The number of halogens is 3. The van der Waals surface area contributed by atoms with E-state index < -0.39 is 0 Å². The largest absolute Gasteiger partial charge is 0.341 e. The zero-order valence-electron chi connectivity index (χ0n) is 20.6. The molecule has 5 N–H and O–H groups in total. The highest BCUT2D eigenvalue weighted by atomic mass is 128. The quantitative estimate of drug-likeness (QED) is 0.268. The topological polar surface area (TPSA) is 97.5 Å². The van der Waals surface area contributed by atoms with E-state index in [4.69, 9.17) is 0 Å². The van der Waals surface area contributed by atoms with Gasteiger partial charge in [-0.05, 0) is 63.6 Å². The van der Waals surface area contributed by atoms with E-state index >= 15 is 0 Å². The molecule has 11 heteroatoms. The molecule has 2 rings (SSSR count). The molecular weight excluding hydrogens is 749 g/mol. The lowest BCUT2D eigenvalue weighted by atomic mass is 10.0. The molecule has 0 radical (unpaired) electrons. The second kappa shape index (κ2) is 27.9. The second-order valence-corrected chi connectivity index (χ2v) is 8.01. The number of nitrogens with one attached hydrogen (secondary N) is 5. The molecular formula is C21H47I3N6O2. The molecule has 0 saturated carbocycles. The summed E-state index contributed by atoms with van der Waals surface area (Å²) in [6, 6.07) is -0.193. The maximum atomic E-state index is 10.9. The molecule has 2 heterocycles. The zero-order valence-corrected chi connectivity index (χ0v) is 27.2. The smallest absolute Gasteiger partial charge is 0.314 e. The molecule has 0 aromatic rings. The average molecular weight is 796 g/mol. The molecule has 0 aromatic heterocycles. The third kappa shape index (κ3) is 25.3. The van der Waals surface area contributed by atoms with E-state index in [2.05, 4.69) is 82.6 Å². The van der Waals surface area contributed by atoms with Crippen molar-refractivity contribution in [1.82, 2.24) is 31.5 Å². The number of hydrogen-bond acceptors (Lipinski definition) is 4. The van der Waals surface area contributed by atoms with Gasteiger partial charge in [0.2, 0.25) is 0 Å². The van der Waals surface area contributed by atoms with Gasteiger partial charge in [-0.15, -0.1) is 24.0 Å². The summed E-state index contributed by atoms with van der Waals surface area (Å²) in [5.74, 6) is 1.73. The van der Waals surface area contributed by atoms with Gasteiger partial charge in [0.25, 0.3) is 0 Å². The number of piperidine rings is 2. The Morgan fingerprint density at radius 2 is 1.53 bits per heavy atom. The number of carbonyl (C=O) groups is 2. The molecule has 4 amide bonds. The lowest BCUT2D eigenvalue weighted by Crippen LogP contribution is -2.42. The first kappa shape index (κ1) is 37.2. The molecule has 0 spiro atoms. The summed E-state index contributed by atoms with van der Waals surface area (Å²) < 4.78 is 0.